The fourth-order valence-electron chi connectivity index (χ4n) is 2.19. The summed E-state index contributed by atoms with van der Waals surface area (Å²) in [5.74, 6) is -0.361. The molecule has 0 saturated carbocycles. The third-order valence-corrected chi connectivity index (χ3v) is 3.50. The van der Waals surface area contributed by atoms with Gasteiger partial charge in [0.15, 0.2) is 5.82 Å². The second-order valence-electron chi connectivity index (χ2n) is 6.28. The Morgan fingerprint density at radius 3 is 2.64 bits per heavy atom. The first-order valence-corrected chi connectivity index (χ1v) is 8.38. The number of nitrogens with zero attached hydrogens (tertiary/aromatic N) is 2. The van der Waals surface area contributed by atoms with Gasteiger partial charge in [-0.05, 0) is 31.7 Å². The van der Waals surface area contributed by atoms with Crippen molar-refractivity contribution in [1.82, 2.24) is 20.8 Å². The van der Waals surface area contributed by atoms with Crippen LogP contribution < -0.4 is 22.1 Å². The van der Waals surface area contributed by atoms with Crippen molar-refractivity contribution in [3.8, 4) is 0 Å². The van der Waals surface area contributed by atoms with Crippen LogP contribution in [0.15, 0.2) is 4.52 Å². The average Bonchev–Trinajstić information content (AvgIpc) is 3.01. The van der Waals surface area contributed by atoms with E-state index in [1.54, 1.807) is 0 Å². The smallest absolute Gasteiger partial charge is 0.326 e. The predicted octanol–water partition coefficient (Wildman–Crippen LogP) is 0.497. The summed E-state index contributed by atoms with van der Waals surface area (Å²) in [5, 5.41) is 17.8. The molecule has 2 atom stereocenters. The molecular formula is C15H28N6O4. The average molecular weight is 356 g/mol. The summed E-state index contributed by atoms with van der Waals surface area (Å²) in [7, 11) is 0. The van der Waals surface area contributed by atoms with Gasteiger partial charge in [-0.15, -0.1) is 0 Å². The van der Waals surface area contributed by atoms with Crippen molar-refractivity contribution in [3.63, 3.8) is 0 Å². The minimum Gasteiger partial charge on any atom is -0.480 e. The molecule has 0 spiro atoms. The summed E-state index contributed by atoms with van der Waals surface area (Å²) in [6, 6.07) is -1.91. The van der Waals surface area contributed by atoms with Crippen LogP contribution in [0.1, 0.15) is 57.3 Å². The number of aliphatic carboxylic acids is 1. The SMILES string of the molecule is CC(C)C[C@H](NC(=O)NCc1nc(C(N)CCCCN)no1)C(=O)O. The highest BCUT2D eigenvalue weighted by Gasteiger charge is 2.21. The van der Waals surface area contributed by atoms with Crippen LogP contribution in [0.3, 0.4) is 0 Å². The van der Waals surface area contributed by atoms with Gasteiger partial charge < -0.3 is 31.7 Å². The van der Waals surface area contributed by atoms with Gasteiger partial charge in [-0.2, -0.15) is 4.98 Å². The molecule has 2 amide bonds. The number of carboxylic acids is 1. The number of aromatic nitrogens is 2. The van der Waals surface area contributed by atoms with Gasteiger partial charge in [-0.25, -0.2) is 9.59 Å². The van der Waals surface area contributed by atoms with Crippen molar-refractivity contribution in [2.45, 2.75) is 58.2 Å². The topological polar surface area (TPSA) is 169 Å². The molecule has 0 bridgehead atoms. The molecule has 0 aliphatic heterocycles. The van der Waals surface area contributed by atoms with Crippen LogP contribution in [0.2, 0.25) is 0 Å². The summed E-state index contributed by atoms with van der Waals surface area (Å²) in [4.78, 5) is 27.1. The zero-order valence-corrected chi connectivity index (χ0v) is 14.7. The Kier molecular flexibility index (Phi) is 8.86. The minimum absolute atomic E-state index is 0.0115. The molecule has 0 aliphatic rings. The molecule has 7 N–H and O–H groups in total. The molecule has 10 heteroatoms. The molecule has 1 heterocycles. The first-order chi connectivity index (χ1) is 11.8. The Hall–Kier alpha value is -2.20. The molecule has 0 aromatic carbocycles. The highest BCUT2D eigenvalue weighted by molar-refractivity contribution is 5.82. The number of nitrogens with one attached hydrogen (secondary N) is 2. The number of carbonyl (C=O) groups excluding carboxylic acids is 1. The molecular weight excluding hydrogens is 328 g/mol. The highest BCUT2D eigenvalue weighted by atomic mass is 16.5. The first kappa shape index (κ1) is 20.8. The van der Waals surface area contributed by atoms with E-state index >= 15 is 0 Å². The number of hydrogen-bond donors (Lipinski definition) is 5. The lowest BCUT2D eigenvalue weighted by Crippen LogP contribution is -2.46. The van der Waals surface area contributed by atoms with E-state index in [0.717, 1.165) is 12.8 Å². The number of nitrogens with two attached hydrogens (primary N) is 2. The summed E-state index contributed by atoms with van der Waals surface area (Å²) in [6.07, 6.45) is 2.78. The van der Waals surface area contributed by atoms with E-state index in [2.05, 4.69) is 20.8 Å². The normalized spacial score (nSPS) is 13.5. The van der Waals surface area contributed by atoms with E-state index in [0.29, 0.717) is 25.2 Å². The van der Waals surface area contributed by atoms with Crippen molar-refractivity contribution in [2.24, 2.45) is 17.4 Å². The van der Waals surface area contributed by atoms with Gasteiger partial charge in [-0.1, -0.05) is 25.4 Å². The van der Waals surface area contributed by atoms with Crippen LogP contribution in [-0.4, -0.2) is 39.8 Å². The highest BCUT2D eigenvalue weighted by Crippen LogP contribution is 2.13. The summed E-state index contributed by atoms with van der Waals surface area (Å²) >= 11 is 0. The Morgan fingerprint density at radius 1 is 1.32 bits per heavy atom. The number of carbonyl (C=O) groups is 2. The van der Waals surface area contributed by atoms with E-state index in [1.165, 1.54) is 0 Å². The van der Waals surface area contributed by atoms with E-state index in [9.17, 15) is 9.59 Å². The van der Waals surface area contributed by atoms with Gasteiger partial charge in [-0.3, -0.25) is 0 Å². The Bertz CT molecular complexity index is 548. The summed E-state index contributed by atoms with van der Waals surface area (Å²) < 4.78 is 5.03. The molecule has 25 heavy (non-hydrogen) atoms. The largest absolute Gasteiger partial charge is 0.480 e. The van der Waals surface area contributed by atoms with E-state index in [-0.39, 0.29) is 24.4 Å². The number of amides is 2. The first-order valence-electron chi connectivity index (χ1n) is 8.38. The second-order valence-corrected chi connectivity index (χ2v) is 6.28. The van der Waals surface area contributed by atoms with E-state index in [4.69, 9.17) is 21.1 Å². The summed E-state index contributed by atoms with van der Waals surface area (Å²) in [6.45, 7) is 4.36. The molecule has 1 aromatic rings. The molecule has 1 rings (SSSR count). The van der Waals surface area contributed by atoms with Gasteiger partial charge in [0.1, 0.15) is 6.04 Å². The lowest BCUT2D eigenvalue weighted by molar-refractivity contribution is -0.139. The Balaban J connectivity index is 2.44. The molecule has 0 saturated heterocycles. The van der Waals surface area contributed by atoms with Crippen molar-refractivity contribution in [3.05, 3.63) is 11.7 Å². The lowest BCUT2D eigenvalue weighted by atomic mass is 10.0. The zero-order chi connectivity index (χ0) is 18.8. The van der Waals surface area contributed by atoms with Gasteiger partial charge in [0.25, 0.3) is 0 Å². The molecule has 1 unspecified atom stereocenters. The van der Waals surface area contributed by atoms with Gasteiger partial charge >= 0.3 is 12.0 Å². The quantitative estimate of drug-likeness (QED) is 0.357. The molecule has 1 aromatic heterocycles. The second kappa shape index (κ2) is 10.6. The van der Waals surface area contributed by atoms with Crippen LogP contribution in [0, 0.1) is 5.92 Å². The van der Waals surface area contributed by atoms with Crippen LogP contribution in [0.5, 0.6) is 0 Å². The van der Waals surface area contributed by atoms with Crippen LogP contribution in [-0.2, 0) is 11.3 Å². The number of carboxylic acid groups (broad SMARTS) is 1. The third kappa shape index (κ3) is 7.94. The van der Waals surface area contributed by atoms with Gasteiger partial charge in [0.05, 0.1) is 12.6 Å². The van der Waals surface area contributed by atoms with Crippen molar-refractivity contribution >= 4 is 12.0 Å². The third-order valence-electron chi connectivity index (χ3n) is 3.50. The standard InChI is InChI=1S/C15H28N6O4/c1-9(2)7-11(14(22)23)19-15(24)18-8-12-20-13(21-25-12)10(17)5-3-4-6-16/h9-11H,3-8,16-17H2,1-2H3,(H,22,23)(H2,18,19,24)/t10?,11-/m0/s1. The van der Waals surface area contributed by atoms with E-state index < -0.39 is 18.0 Å². The van der Waals surface area contributed by atoms with Crippen molar-refractivity contribution in [1.29, 1.82) is 0 Å². The lowest BCUT2D eigenvalue weighted by Gasteiger charge is -2.16. The van der Waals surface area contributed by atoms with Crippen molar-refractivity contribution < 1.29 is 19.2 Å². The maximum atomic E-state index is 11.8. The maximum absolute atomic E-state index is 11.8. The monoisotopic (exact) mass is 356 g/mol. The van der Waals surface area contributed by atoms with Gasteiger partial charge in [0, 0.05) is 0 Å². The summed E-state index contributed by atoms with van der Waals surface area (Å²) in [5.41, 5.74) is 11.4. The van der Waals surface area contributed by atoms with Crippen molar-refractivity contribution in [2.75, 3.05) is 6.54 Å². The van der Waals surface area contributed by atoms with Crippen LogP contribution in [0.25, 0.3) is 0 Å². The molecule has 142 valence electrons. The molecule has 0 radical (unpaired) electrons. The van der Waals surface area contributed by atoms with E-state index in [1.807, 2.05) is 13.8 Å². The number of unbranched alkanes of at least 4 members (excludes halogenated alkanes) is 1. The fraction of sp³-hybridized carbons (Fsp3) is 0.733. The van der Waals surface area contributed by atoms with Crippen LogP contribution >= 0.6 is 0 Å². The number of rotatable bonds is 11. The Morgan fingerprint density at radius 2 is 2.04 bits per heavy atom. The molecule has 0 aliphatic carbocycles. The maximum Gasteiger partial charge on any atom is 0.326 e. The Labute approximate surface area is 146 Å². The number of hydrogen-bond acceptors (Lipinski definition) is 7. The number of urea groups is 1. The van der Waals surface area contributed by atoms with Gasteiger partial charge in [0.2, 0.25) is 5.89 Å². The van der Waals surface area contributed by atoms with Crippen LogP contribution in [0.4, 0.5) is 4.79 Å². The molecule has 10 nitrogen and oxygen atoms in total. The predicted molar refractivity (Wildman–Crippen MR) is 90.4 cm³/mol. The minimum atomic E-state index is -1.08. The molecule has 0 fully saturated rings. The fourth-order valence-corrected chi connectivity index (χ4v) is 2.19. The zero-order valence-electron chi connectivity index (χ0n) is 14.7.